The summed E-state index contributed by atoms with van der Waals surface area (Å²) in [4.78, 5) is 12.3. The highest BCUT2D eigenvalue weighted by Gasteiger charge is 2.21. The molecule has 8 radical (unpaired) electrons. The molecule has 114 valence electrons. The van der Waals surface area contributed by atoms with Gasteiger partial charge in [-0.05, 0) is 11.1 Å². The number of ether oxygens (including phenoxy) is 1. The average molecular weight is 326 g/mol. The van der Waals surface area contributed by atoms with Gasteiger partial charge in [0.1, 0.15) is 12.4 Å². The van der Waals surface area contributed by atoms with Crippen LogP contribution in [-0.4, -0.2) is 62.7 Å². The maximum Gasteiger partial charge on any atom is 0.338 e. The third-order valence-electron chi connectivity index (χ3n) is 3.35. The van der Waals surface area contributed by atoms with Crippen LogP contribution < -0.4 is 0 Å². The number of benzene rings is 1. The van der Waals surface area contributed by atoms with Gasteiger partial charge < -0.3 is 4.74 Å². The molecule has 1 rings (SSSR count). The van der Waals surface area contributed by atoms with E-state index in [1.54, 1.807) is 6.07 Å². The summed E-state index contributed by atoms with van der Waals surface area (Å²) in [5.74, 6) is -1.48. The minimum atomic E-state index is -4.23. The molecule has 0 atom stereocenters. The van der Waals surface area contributed by atoms with Crippen LogP contribution in [0.25, 0.3) is 0 Å². The second-order valence-corrected chi connectivity index (χ2v) is 6.34. The van der Waals surface area contributed by atoms with Crippen molar-refractivity contribution in [2.24, 2.45) is 0 Å². The van der Waals surface area contributed by atoms with Crippen LogP contribution in [0.3, 0.4) is 0 Å². The fourth-order valence-electron chi connectivity index (χ4n) is 2.28. The number of rotatable bonds is 8. The smallest absolute Gasteiger partial charge is 0.338 e. The van der Waals surface area contributed by atoms with E-state index in [4.69, 9.17) is 40.7 Å². The molecule has 23 heavy (non-hydrogen) atoms. The van der Waals surface area contributed by atoms with Gasteiger partial charge in [0, 0.05) is 0 Å². The summed E-state index contributed by atoms with van der Waals surface area (Å²) >= 11 is 0. The number of carbonyl (C=O) groups is 1. The molecule has 0 heterocycles. The van der Waals surface area contributed by atoms with Gasteiger partial charge in [0.25, 0.3) is 10.1 Å². The molecule has 0 aliphatic rings. The molecule has 0 spiro atoms. The van der Waals surface area contributed by atoms with Gasteiger partial charge in [0.15, 0.2) is 0 Å². The van der Waals surface area contributed by atoms with Crippen LogP contribution in [0.2, 0.25) is 0 Å². The zero-order chi connectivity index (χ0) is 17.6. The van der Waals surface area contributed by atoms with Crippen molar-refractivity contribution in [1.29, 1.82) is 0 Å². The quantitative estimate of drug-likeness (QED) is 0.392. The third kappa shape index (κ3) is 5.18. The zero-order valence-electron chi connectivity index (χ0n) is 12.6. The number of hydrogen-bond acceptors (Lipinski definition) is 4. The SMILES string of the molecule is [B]Cc1cc(C[B])c(C[B])c(C(=O)OCCS(=O)(=O)O)c1C[B]. The first-order chi connectivity index (χ1) is 10.8. The van der Waals surface area contributed by atoms with Gasteiger partial charge in [0.05, 0.1) is 36.9 Å². The minimum absolute atomic E-state index is 0.0348. The Balaban J connectivity index is 3.27. The van der Waals surface area contributed by atoms with E-state index in [9.17, 15) is 13.2 Å². The Kier molecular flexibility index (Phi) is 7.48. The summed E-state index contributed by atoms with van der Waals surface area (Å²) < 4.78 is 35.0. The molecule has 0 bridgehead atoms. The van der Waals surface area contributed by atoms with E-state index < -0.39 is 28.4 Å². The number of hydrogen-bond donors (Lipinski definition) is 1. The summed E-state index contributed by atoms with van der Waals surface area (Å²) in [5, 5.41) is 0. The van der Waals surface area contributed by atoms with E-state index in [0.717, 1.165) is 0 Å². The second kappa shape index (κ2) is 8.64. The summed E-state index contributed by atoms with van der Waals surface area (Å²) in [6.45, 7) is -0.490. The van der Waals surface area contributed by atoms with Gasteiger partial charge in [-0.1, -0.05) is 42.5 Å². The lowest BCUT2D eigenvalue weighted by Gasteiger charge is -2.20. The van der Waals surface area contributed by atoms with E-state index in [2.05, 4.69) is 0 Å². The average Bonchev–Trinajstić information content (AvgIpc) is 2.50. The van der Waals surface area contributed by atoms with E-state index >= 15 is 0 Å². The van der Waals surface area contributed by atoms with Crippen molar-refractivity contribution in [2.45, 2.75) is 25.3 Å². The van der Waals surface area contributed by atoms with Crippen LogP contribution in [0, 0.1) is 0 Å². The standard InChI is InChI=1S/C13H14B4O5S/c14-4-8-3-9(5-15)11(7-17)12(10(8)6-16)13(18)22-1-2-23(19,20)21/h3H,1-2,4-7H2,(H,19,20,21). The zero-order valence-corrected chi connectivity index (χ0v) is 13.4. The molecule has 0 aromatic heterocycles. The van der Waals surface area contributed by atoms with Crippen molar-refractivity contribution in [3.63, 3.8) is 0 Å². The van der Waals surface area contributed by atoms with Gasteiger partial charge in [-0.15, -0.1) is 0 Å². The fourth-order valence-corrected chi connectivity index (χ4v) is 2.57. The first kappa shape index (κ1) is 19.9. The Bertz CT molecular complexity index is 645. The molecular formula is C13H14B4O5S. The molecule has 0 saturated heterocycles. The maximum absolute atomic E-state index is 12.3. The first-order valence-electron chi connectivity index (χ1n) is 6.88. The first-order valence-corrected chi connectivity index (χ1v) is 8.49. The molecule has 0 fully saturated rings. The van der Waals surface area contributed by atoms with Crippen LogP contribution in [-0.2, 0) is 40.1 Å². The van der Waals surface area contributed by atoms with E-state index in [-0.39, 0.29) is 30.8 Å². The molecule has 0 unspecified atom stereocenters. The molecule has 0 aliphatic carbocycles. The van der Waals surface area contributed by atoms with Crippen LogP contribution >= 0.6 is 0 Å². The highest BCUT2D eigenvalue weighted by atomic mass is 32.2. The summed E-state index contributed by atoms with van der Waals surface area (Å²) in [5.41, 5.74) is 2.43. The van der Waals surface area contributed by atoms with Crippen LogP contribution in [0.5, 0.6) is 0 Å². The third-order valence-corrected chi connectivity index (χ3v) is 4.04. The van der Waals surface area contributed by atoms with Crippen molar-refractivity contribution in [2.75, 3.05) is 12.4 Å². The highest BCUT2D eigenvalue weighted by Crippen LogP contribution is 2.25. The summed E-state index contributed by atoms with van der Waals surface area (Å²) in [6.07, 6.45) is 0.367. The van der Waals surface area contributed by atoms with Crippen LogP contribution in [0.4, 0.5) is 0 Å². The molecule has 0 aliphatic heterocycles. The largest absolute Gasteiger partial charge is 0.461 e. The van der Waals surface area contributed by atoms with Gasteiger partial charge in [-0.3, -0.25) is 4.55 Å². The predicted octanol–water partition coefficient (Wildman–Crippen LogP) is -0.595. The number of esters is 1. The van der Waals surface area contributed by atoms with Gasteiger partial charge in [0.2, 0.25) is 0 Å². The van der Waals surface area contributed by atoms with Crippen molar-refractivity contribution in [1.82, 2.24) is 0 Å². The molecule has 1 aromatic rings. The van der Waals surface area contributed by atoms with Crippen molar-refractivity contribution in [3.05, 3.63) is 33.9 Å². The van der Waals surface area contributed by atoms with Crippen molar-refractivity contribution >= 4 is 47.5 Å². The molecule has 1 N–H and O–H groups in total. The molecule has 10 heteroatoms. The van der Waals surface area contributed by atoms with Gasteiger partial charge in [-0.2, -0.15) is 8.42 Å². The summed E-state index contributed by atoms with van der Waals surface area (Å²) in [7, 11) is 18.5. The monoisotopic (exact) mass is 326 g/mol. The van der Waals surface area contributed by atoms with Crippen molar-refractivity contribution in [3.8, 4) is 0 Å². The molecule has 5 nitrogen and oxygen atoms in total. The van der Waals surface area contributed by atoms with Crippen LogP contribution in [0.1, 0.15) is 32.6 Å². The lowest BCUT2D eigenvalue weighted by molar-refractivity contribution is 0.0526. The lowest BCUT2D eigenvalue weighted by atomic mass is 9.75. The van der Waals surface area contributed by atoms with E-state index in [1.165, 1.54) is 0 Å². The summed E-state index contributed by atoms with van der Waals surface area (Å²) in [6, 6.07) is 1.75. The van der Waals surface area contributed by atoms with Crippen molar-refractivity contribution < 1.29 is 22.5 Å². The highest BCUT2D eigenvalue weighted by molar-refractivity contribution is 7.85. The lowest BCUT2D eigenvalue weighted by Crippen LogP contribution is -2.19. The maximum atomic E-state index is 12.3. The normalized spacial score (nSPS) is 11.3. The molecule has 0 saturated carbocycles. The predicted molar refractivity (Wildman–Crippen MR) is 91.0 cm³/mol. The van der Waals surface area contributed by atoms with Gasteiger partial charge in [-0.25, -0.2) is 4.79 Å². The van der Waals surface area contributed by atoms with E-state index in [1.807, 2.05) is 0 Å². The number of carbonyl (C=O) groups excluding carboxylic acids is 1. The Morgan fingerprint density at radius 2 is 1.48 bits per heavy atom. The minimum Gasteiger partial charge on any atom is -0.461 e. The molecular weight excluding hydrogens is 311 g/mol. The molecule has 0 amide bonds. The fraction of sp³-hybridized carbons (Fsp3) is 0.462. The van der Waals surface area contributed by atoms with E-state index in [0.29, 0.717) is 22.3 Å². The molecule has 1 aromatic carbocycles. The second-order valence-electron chi connectivity index (χ2n) is 4.77. The van der Waals surface area contributed by atoms with Gasteiger partial charge >= 0.3 is 5.97 Å². The van der Waals surface area contributed by atoms with Crippen LogP contribution in [0.15, 0.2) is 6.07 Å². The Morgan fingerprint density at radius 1 is 1.00 bits per heavy atom. The Hall–Kier alpha value is -1.14. The Labute approximate surface area is 141 Å². The topological polar surface area (TPSA) is 80.7 Å². The Morgan fingerprint density at radius 3 is 1.83 bits per heavy atom.